The van der Waals surface area contributed by atoms with E-state index in [0.29, 0.717) is 17.9 Å². The second-order valence-electron chi connectivity index (χ2n) is 5.53. The molecular formula is C17H24N2O4S. The Kier molecular flexibility index (Phi) is 6.39. The number of hydrazine groups is 1. The van der Waals surface area contributed by atoms with E-state index in [-0.39, 0.29) is 17.9 Å². The monoisotopic (exact) mass is 352 g/mol. The van der Waals surface area contributed by atoms with Crippen LogP contribution < -0.4 is 25.1 Å². The Balaban J connectivity index is 2.38. The quantitative estimate of drug-likeness (QED) is 0.767. The van der Waals surface area contributed by atoms with E-state index < -0.39 is 0 Å². The number of nitrogens with one attached hydrogen (secondary N) is 2. The molecule has 1 heterocycles. The highest BCUT2D eigenvalue weighted by Gasteiger charge is 2.24. The van der Waals surface area contributed by atoms with Gasteiger partial charge in [-0.2, -0.15) is 0 Å². The highest BCUT2D eigenvalue weighted by atomic mass is 32.2. The summed E-state index contributed by atoms with van der Waals surface area (Å²) in [6.07, 6.45) is 6.43. The predicted octanol–water partition coefficient (Wildman–Crippen LogP) is 2.48. The molecule has 6 nitrogen and oxygen atoms in total. The van der Waals surface area contributed by atoms with Crippen molar-refractivity contribution in [2.45, 2.75) is 24.3 Å². The molecule has 1 aromatic rings. The Labute approximate surface area is 146 Å². The van der Waals surface area contributed by atoms with Crippen molar-refractivity contribution in [2.75, 3.05) is 27.6 Å². The summed E-state index contributed by atoms with van der Waals surface area (Å²) in [5, 5.41) is 0. The van der Waals surface area contributed by atoms with Gasteiger partial charge in [-0.3, -0.25) is 10.2 Å². The maximum atomic E-state index is 11.4. The Morgan fingerprint density at radius 3 is 2.46 bits per heavy atom. The zero-order valence-electron chi connectivity index (χ0n) is 14.6. The number of amides is 1. The second kappa shape index (κ2) is 8.30. The number of methoxy groups -OCH3 is 3. The van der Waals surface area contributed by atoms with Crippen LogP contribution in [0.2, 0.25) is 0 Å². The molecule has 0 spiro atoms. The van der Waals surface area contributed by atoms with Crippen LogP contribution in [0.4, 0.5) is 0 Å². The average Bonchev–Trinajstić information content (AvgIpc) is 2.59. The van der Waals surface area contributed by atoms with E-state index in [0.717, 1.165) is 16.2 Å². The van der Waals surface area contributed by atoms with E-state index in [1.807, 2.05) is 31.4 Å². The lowest BCUT2D eigenvalue weighted by atomic mass is 9.95. The van der Waals surface area contributed by atoms with Crippen molar-refractivity contribution in [1.82, 2.24) is 10.9 Å². The molecule has 0 saturated carbocycles. The SMILES string of the molecule is COc1cc(/C=C/C2NNC(=O)CC2C)c(OC)c(OC)c1SC. The summed E-state index contributed by atoms with van der Waals surface area (Å²) in [6.45, 7) is 2.04. The van der Waals surface area contributed by atoms with Crippen molar-refractivity contribution in [2.24, 2.45) is 5.92 Å². The van der Waals surface area contributed by atoms with Gasteiger partial charge in [0.2, 0.25) is 5.91 Å². The highest BCUT2D eigenvalue weighted by molar-refractivity contribution is 7.98. The van der Waals surface area contributed by atoms with Crippen molar-refractivity contribution >= 4 is 23.7 Å². The normalized spacial score (nSPS) is 20.8. The Hall–Kier alpha value is -1.86. The fourth-order valence-electron chi connectivity index (χ4n) is 2.70. The van der Waals surface area contributed by atoms with E-state index in [2.05, 4.69) is 10.9 Å². The van der Waals surface area contributed by atoms with E-state index in [1.54, 1.807) is 33.1 Å². The first-order valence-electron chi connectivity index (χ1n) is 7.65. The number of carbonyl (C=O) groups excluding carboxylic acids is 1. The third kappa shape index (κ3) is 3.79. The summed E-state index contributed by atoms with van der Waals surface area (Å²) in [5.41, 5.74) is 6.54. The molecule has 2 unspecified atom stereocenters. The molecular weight excluding hydrogens is 328 g/mol. The van der Waals surface area contributed by atoms with Crippen molar-refractivity contribution in [3.05, 3.63) is 17.7 Å². The molecule has 0 bridgehead atoms. The van der Waals surface area contributed by atoms with Crippen molar-refractivity contribution in [3.63, 3.8) is 0 Å². The number of hydrogen-bond donors (Lipinski definition) is 2. The van der Waals surface area contributed by atoms with Gasteiger partial charge < -0.3 is 14.2 Å². The summed E-state index contributed by atoms with van der Waals surface area (Å²) < 4.78 is 16.6. The lowest BCUT2D eigenvalue weighted by Crippen LogP contribution is -2.52. The third-order valence-corrected chi connectivity index (χ3v) is 4.79. The van der Waals surface area contributed by atoms with Crippen molar-refractivity contribution < 1.29 is 19.0 Å². The van der Waals surface area contributed by atoms with Gasteiger partial charge in [-0.1, -0.05) is 19.1 Å². The topological polar surface area (TPSA) is 68.8 Å². The fraction of sp³-hybridized carbons (Fsp3) is 0.471. The molecule has 7 heteroatoms. The lowest BCUT2D eigenvalue weighted by Gasteiger charge is -2.27. The highest BCUT2D eigenvalue weighted by Crippen LogP contribution is 2.46. The molecule has 1 fully saturated rings. The van der Waals surface area contributed by atoms with Crippen molar-refractivity contribution in [3.8, 4) is 17.2 Å². The van der Waals surface area contributed by atoms with Crippen LogP contribution in [-0.4, -0.2) is 39.5 Å². The first kappa shape index (κ1) is 18.5. The van der Waals surface area contributed by atoms with Gasteiger partial charge in [0.05, 0.1) is 26.2 Å². The molecule has 132 valence electrons. The van der Waals surface area contributed by atoms with Gasteiger partial charge in [0.1, 0.15) is 5.75 Å². The average molecular weight is 352 g/mol. The molecule has 1 aromatic carbocycles. The standard InChI is InChI=1S/C17H24N2O4S/c1-10-8-14(20)19-18-12(10)7-6-11-9-13(21-2)17(24-5)16(23-4)15(11)22-3/h6-7,9-10,12,18H,8H2,1-5H3,(H,19,20)/b7-6+. The van der Waals surface area contributed by atoms with Crippen LogP contribution >= 0.6 is 11.8 Å². The Morgan fingerprint density at radius 2 is 1.92 bits per heavy atom. The van der Waals surface area contributed by atoms with E-state index in [1.165, 1.54) is 0 Å². The van der Waals surface area contributed by atoms with Gasteiger partial charge in [-0.05, 0) is 18.2 Å². The molecule has 24 heavy (non-hydrogen) atoms. The molecule has 1 aliphatic rings. The summed E-state index contributed by atoms with van der Waals surface area (Å²) in [4.78, 5) is 12.3. The molecule has 0 aliphatic carbocycles. The van der Waals surface area contributed by atoms with Gasteiger partial charge in [-0.25, -0.2) is 5.43 Å². The number of hydrogen-bond acceptors (Lipinski definition) is 6. The maximum Gasteiger partial charge on any atom is 0.234 e. The van der Waals surface area contributed by atoms with Crippen LogP contribution in [0, 0.1) is 5.92 Å². The van der Waals surface area contributed by atoms with Crippen molar-refractivity contribution in [1.29, 1.82) is 0 Å². The summed E-state index contributed by atoms with van der Waals surface area (Å²) >= 11 is 1.54. The molecule has 0 aromatic heterocycles. The van der Waals surface area contributed by atoms with Crippen LogP contribution in [0.25, 0.3) is 6.08 Å². The van der Waals surface area contributed by atoms with E-state index in [9.17, 15) is 4.79 Å². The number of rotatable bonds is 6. The summed E-state index contributed by atoms with van der Waals surface area (Å²) in [5.74, 6) is 2.26. The van der Waals surface area contributed by atoms with Crippen LogP contribution in [0.5, 0.6) is 17.2 Å². The zero-order valence-corrected chi connectivity index (χ0v) is 15.5. The number of benzene rings is 1. The molecule has 1 saturated heterocycles. The lowest BCUT2D eigenvalue weighted by molar-refractivity contribution is -0.125. The number of carbonyl (C=O) groups is 1. The predicted molar refractivity (Wildman–Crippen MR) is 95.8 cm³/mol. The van der Waals surface area contributed by atoms with Crippen LogP contribution in [0.1, 0.15) is 18.9 Å². The van der Waals surface area contributed by atoms with E-state index >= 15 is 0 Å². The Bertz CT molecular complexity index is 634. The third-order valence-electron chi connectivity index (χ3n) is 4.00. The number of ether oxygens (including phenoxy) is 3. The Morgan fingerprint density at radius 1 is 1.21 bits per heavy atom. The minimum atomic E-state index is 0.0115. The minimum absolute atomic E-state index is 0.0115. The van der Waals surface area contributed by atoms with Gasteiger partial charge in [0.15, 0.2) is 11.5 Å². The van der Waals surface area contributed by atoms with Gasteiger partial charge >= 0.3 is 0 Å². The van der Waals surface area contributed by atoms with Crippen LogP contribution in [0.15, 0.2) is 17.0 Å². The van der Waals surface area contributed by atoms with Gasteiger partial charge in [0.25, 0.3) is 0 Å². The summed E-state index contributed by atoms with van der Waals surface area (Å²) in [7, 11) is 4.87. The molecule has 2 atom stereocenters. The van der Waals surface area contributed by atoms with E-state index in [4.69, 9.17) is 14.2 Å². The molecule has 2 rings (SSSR count). The van der Waals surface area contributed by atoms with Crippen LogP contribution in [-0.2, 0) is 4.79 Å². The zero-order chi connectivity index (χ0) is 17.7. The molecule has 2 N–H and O–H groups in total. The molecule has 1 aliphatic heterocycles. The molecule has 1 amide bonds. The van der Waals surface area contributed by atoms with Gasteiger partial charge in [0, 0.05) is 18.0 Å². The molecule has 0 radical (unpaired) electrons. The fourth-order valence-corrected chi connectivity index (χ4v) is 3.41. The first-order valence-corrected chi connectivity index (χ1v) is 8.87. The largest absolute Gasteiger partial charge is 0.495 e. The maximum absolute atomic E-state index is 11.4. The van der Waals surface area contributed by atoms with Crippen LogP contribution in [0.3, 0.4) is 0 Å². The smallest absolute Gasteiger partial charge is 0.234 e. The first-order chi connectivity index (χ1) is 11.5. The number of thioether (sulfide) groups is 1. The van der Waals surface area contributed by atoms with Gasteiger partial charge in [-0.15, -0.1) is 11.8 Å². The summed E-state index contributed by atoms with van der Waals surface area (Å²) in [6, 6.07) is 1.97. The second-order valence-corrected chi connectivity index (χ2v) is 6.34. The minimum Gasteiger partial charge on any atom is -0.495 e.